The number of hydrogen-bond donors (Lipinski definition) is 1. The van der Waals surface area contributed by atoms with Crippen molar-refractivity contribution in [3.63, 3.8) is 0 Å². The first kappa shape index (κ1) is 23.7. The molecule has 0 unspecified atom stereocenters. The number of hydrogen-bond acceptors (Lipinski definition) is 7. The zero-order valence-electron chi connectivity index (χ0n) is 19.2. The molecule has 0 radical (unpaired) electrons. The largest absolute Gasteiger partial charge is 0.373 e. The number of morpholine rings is 1. The topological polar surface area (TPSA) is 83.5 Å². The van der Waals surface area contributed by atoms with E-state index in [2.05, 4.69) is 46.2 Å². The summed E-state index contributed by atoms with van der Waals surface area (Å²) in [6.07, 6.45) is -0.245. The van der Waals surface area contributed by atoms with Gasteiger partial charge in [-0.05, 0) is 32.0 Å². The van der Waals surface area contributed by atoms with Crippen LogP contribution in [0.15, 0.2) is 42.7 Å². The maximum Gasteiger partial charge on any atom is 0.315 e. The lowest BCUT2D eigenvalue weighted by Gasteiger charge is -2.32. The number of fused-ring (bicyclic) bond motifs is 1. The van der Waals surface area contributed by atoms with Gasteiger partial charge in [0, 0.05) is 56.4 Å². The van der Waals surface area contributed by atoms with Gasteiger partial charge in [-0.15, -0.1) is 0 Å². The predicted molar refractivity (Wildman–Crippen MR) is 127 cm³/mol. The maximum atomic E-state index is 12.8. The molecule has 8 nitrogen and oxygen atoms in total. The van der Waals surface area contributed by atoms with Crippen LogP contribution in [0.4, 0.5) is 20.3 Å². The van der Waals surface area contributed by atoms with Crippen LogP contribution in [-0.2, 0) is 9.53 Å². The van der Waals surface area contributed by atoms with E-state index in [1.807, 2.05) is 18.2 Å². The first-order valence-electron chi connectivity index (χ1n) is 11.4. The number of benzene rings is 1. The molecule has 1 amide bonds. The molecule has 1 aromatic carbocycles. The molecular weight excluding hydrogens is 442 g/mol. The van der Waals surface area contributed by atoms with E-state index in [9.17, 15) is 13.6 Å². The maximum absolute atomic E-state index is 12.8. The Morgan fingerprint density at radius 3 is 2.65 bits per heavy atom. The fourth-order valence-electron chi connectivity index (χ4n) is 4.07. The van der Waals surface area contributed by atoms with Crippen molar-refractivity contribution in [2.45, 2.75) is 26.4 Å². The standard InChI is InChI=1S/C24H28F2N6O2/c1-3-31(4-2)17-7-5-16(6-8-17)19-13-20-21(28-10-9-27-20)23(30-19)29-14-18-15-32(11-12-34-18)24(33)22(25)26/h5-10,13,18,22H,3-4,11-12,14-15H2,1-2H3,(H,29,30)/t18-/m1/s1. The highest BCUT2D eigenvalue weighted by Gasteiger charge is 2.29. The summed E-state index contributed by atoms with van der Waals surface area (Å²) in [6.45, 7) is 6.84. The van der Waals surface area contributed by atoms with Crippen molar-refractivity contribution in [3.8, 4) is 11.3 Å². The molecule has 1 aliphatic rings. The minimum atomic E-state index is -3.02. The van der Waals surface area contributed by atoms with Crippen molar-refractivity contribution >= 4 is 28.4 Å². The lowest BCUT2D eigenvalue weighted by molar-refractivity contribution is -0.149. The molecule has 1 fully saturated rings. The Bertz CT molecular complexity index is 1120. The highest BCUT2D eigenvalue weighted by molar-refractivity contribution is 5.88. The van der Waals surface area contributed by atoms with Gasteiger partial charge in [0.05, 0.1) is 23.9 Å². The number of halogens is 2. The van der Waals surface area contributed by atoms with Crippen LogP contribution < -0.4 is 10.2 Å². The Balaban J connectivity index is 1.55. The van der Waals surface area contributed by atoms with Crippen LogP contribution >= 0.6 is 0 Å². The van der Waals surface area contributed by atoms with E-state index in [1.54, 1.807) is 12.4 Å². The summed E-state index contributed by atoms with van der Waals surface area (Å²) >= 11 is 0. The van der Waals surface area contributed by atoms with Gasteiger partial charge >= 0.3 is 6.43 Å². The number of carbonyl (C=O) groups excluding carboxylic acids is 1. The fourth-order valence-corrected chi connectivity index (χ4v) is 4.07. The Labute approximate surface area is 197 Å². The first-order valence-corrected chi connectivity index (χ1v) is 11.4. The third-order valence-corrected chi connectivity index (χ3v) is 5.88. The van der Waals surface area contributed by atoms with Gasteiger partial charge in [-0.25, -0.2) is 9.97 Å². The van der Waals surface area contributed by atoms with Crippen molar-refractivity contribution in [3.05, 3.63) is 42.7 Å². The van der Waals surface area contributed by atoms with Crippen molar-refractivity contribution < 1.29 is 18.3 Å². The summed E-state index contributed by atoms with van der Waals surface area (Å²) < 4.78 is 31.3. The van der Waals surface area contributed by atoms with Gasteiger partial charge in [0.2, 0.25) is 0 Å². The number of amides is 1. The molecule has 1 saturated heterocycles. The molecule has 10 heteroatoms. The molecule has 4 rings (SSSR count). The normalized spacial score (nSPS) is 16.1. The molecule has 2 aromatic heterocycles. The van der Waals surface area contributed by atoms with E-state index >= 15 is 0 Å². The molecule has 1 N–H and O–H groups in total. The number of pyridine rings is 1. The summed E-state index contributed by atoms with van der Waals surface area (Å²) in [6, 6.07) is 10.1. The summed E-state index contributed by atoms with van der Waals surface area (Å²) in [5.74, 6) is -0.646. The molecule has 180 valence electrons. The number of nitrogens with zero attached hydrogens (tertiary/aromatic N) is 5. The summed E-state index contributed by atoms with van der Waals surface area (Å²) in [4.78, 5) is 28.7. The molecule has 0 bridgehead atoms. The van der Waals surface area contributed by atoms with Crippen LogP contribution in [0, 0.1) is 0 Å². The van der Waals surface area contributed by atoms with E-state index in [4.69, 9.17) is 9.72 Å². The van der Waals surface area contributed by atoms with Crippen LogP contribution in [0.25, 0.3) is 22.3 Å². The number of alkyl halides is 2. The van der Waals surface area contributed by atoms with Gasteiger partial charge in [0.1, 0.15) is 5.52 Å². The number of rotatable bonds is 8. The smallest absolute Gasteiger partial charge is 0.315 e. The van der Waals surface area contributed by atoms with Gasteiger partial charge in [-0.1, -0.05) is 12.1 Å². The summed E-state index contributed by atoms with van der Waals surface area (Å²) in [5, 5.41) is 3.23. The van der Waals surface area contributed by atoms with Crippen LogP contribution in [-0.4, -0.2) is 77.6 Å². The average molecular weight is 471 g/mol. The van der Waals surface area contributed by atoms with Crippen molar-refractivity contribution in [2.75, 3.05) is 49.5 Å². The van der Waals surface area contributed by atoms with E-state index in [0.717, 1.165) is 34.9 Å². The lowest BCUT2D eigenvalue weighted by Crippen LogP contribution is -2.49. The van der Waals surface area contributed by atoms with E-state index in [1.165, 1.54) is 0 Å². The third-order valence-electron chi connectivity index (χ3n) is 5.88. The van der Waals surface area contributed by atoms with Gasteiger partial charge in [-0.3, -0.25) is 9.78 Å². The number of aromatic nitrogens is 3. The third kappa shape index (κ3) is 5.22. The Morgan fingerprint density at radius 1 is 1.21 bits per heavy atom. The van der Waals surface area contributed by atoms with Crippen molar-refractivity contribution in [1.82, 2.24) is 19.9 Å². The summed E-state index contributed by atoms with van der Waals surface area (Å²) in [7, 11) is 0. The van der Waals surface area contributed by atoms with E-state index in [-0.39, 0.29) is 26.2 Å². The van der Waals surface area contributed by atoms with Crippen LogP contribution in [0.2, 0.25) is 0 Å². The predicted octanol–water partition coefficient (Wildman–Crippen LogP) is 3.44. The van der Waals surface area contributed by atoms with E-state index < -0.39 is 18.4 Å². The number of anilines is 2. The van der Waals surface area contributed by atoms with Gasteiger partial charge in [0.15, 0.2) is 5.82 Å². The molecule has 0 spiro atoms. The zero-order chi connectivity index (χ0) is 24.1. The van der Waals surface area contributed by atoms with Gasteiger partial charge in [-0.2, -0.15) is 8.78 Å². The molecule has 3 heterocycles. The second-order valence-electron chi connectivity index (χ2n) is 7.96. The van der Waals surface area contributed by atoms with Gasteiger partial charge < -0.3 is 19.9 Å². The molecular formula is C24H28F2N6O2. The molecule has 3 aromatic rings. The number of ether oxygens (including phenoxy) is 1. The van der Waals surface area contributed by atoms with Crippen LogP contribution in [0.3, 0.4) is 0 Å². The first-order chi connectivity index (χ1) is 16.5. The van der Waals surface area contributed by atoms with Crippen molar-refractivity contribution in [2.24, 2.45) is 0 Å². The van der Waals surface area contributed by atoms with E-state index in [0.29, 0.717) is 16.9 Å². The zero-order valence-corrected chi connectivity index (χ0v) is 19.2. The number of carbonyl (C=O) groups is 1. The minimum absolute atomic E-state index is 0.0896. The molecule has 1 aliphatic heterocycles. The van der Waals surface area contributed by atoms with Crippen molar-refractivity contribution in [1.29, 1.82) is 0 Å². The second kappa shape index (κ2) is 10.7. The molecule has 0 saturated carbocycles. The Morgan fingerprint density at radius 2 is 1.94 bits per heavy atom. The monoisotopic (exact) mass is 470 g/mol. The summed E-state index contributed by atoms with van der Waals surface area (Å²) in [5.41, 5.74) is 4.10. The van der Waals surface area contributed by atoms with Crippen LogP contribution in [0.5, 0.6) is 0 Å². The quantitative estimate of drug-likeness (QED) is 0.540. The Hall–Kier alpha value is -3.40. The average Bonchev–Trinajstić information content (AvgIpc) is 2.88. The molecule has 1 atom stereocenters. The Kier molecular flexibility index (Phi) is 7.46. The van der Waals surface area contributed by atoms with Gasteiger partial charge in [0.25, 0.3) is 5.91 Å². The number of nitrogens with one attached hydrogen (secondary N) is 1. The highest BCUT2D eigenvalue weighted by Crippen LogP contribution is 2.27. The highest BCUT2D eigenvalue weighted by atomic mass is 19.3. The fraction of sp³-hybridized carbons (Fsp3) is 0.417. The lowest BCUT2D eigenvalue weighted by atomic mass is 10.1. The SMILES string of the molecule is CCN(CC)c1ccc(-c2cc3nccnc3c(NC[C@@H]3CN(C(=O)C(F)F)CCO3)n2)cc1. The van der Waals surface area contributed by atoms with Crippen LogP contribution in [0.1, 0.15) is 13.8 Å². The molecule has 0 aliphatic carbocycles. The minimum Gasteiger partial charge on any atom is -0.373 e. The molecule has 34 heavy (non-hydrogen) atoms. The second-order valence-corrected chi connectivity index (χ2v) is 7.96.